The van der Waals surface area contributed by atoms with Gasteiger partial charge in [0.15, 0.2) is 0 Å². The van der Waals surface area contributed by atoms with Crippen LogP contribution in [-0.2, 0) is 0 Å². The highest BCUT2D eigenvalue weighted by molar-refractivity contribution is 8.00. The molecule has 2 nitrogen and oxygen atoms in total. The van der Waals surface area contributed by atoms with E-state index in [0.29, 0.717) is 0 Å². The van der Waals surface area contributed by atoms with E-state index in [1.807, 2.05) is 0 Å². The van der Waals surface area contributed by atoms with Gasteiger partial charge < -0.3 is 5.73 Å². The minimum atomic E-state index is 0.104. The Hall–Kier alpha value is -0.960. The molecule has 0 heterocycles. The summed E-state index contributed by atoms with van der Waals surface area (Å²) in [6.45, 7) is 6.26. The number of amidine groups is 1. The largest absolute Gasteiger partial charge is 0.387 e. The Morgan fingerprint density at radius 2 is 2.07 bits per heavy atom. The van der Waals surface area contributed by atoms with Gasteiger partial charge in [0.25, 0.3) is 0 Å². The van der Waals surface area contributed by atoms with Gasteiger partial charge in [-0.3, -0.25) is 5.41 Å². The second-order valence-corrected chi connectivity index (χ2v) is 4.99. The molecule has 0 radical (unpaired) electrons. The SMILES string of the molecule is CCC(Sc1ccc(C)c(C)c1)C(=N)N. The number of hydrogen-bond donors (Lipinski definition) is 2. The summed E-state index contributed by atoms with van der Waals surface area (Å²) in [6, 6.07) is 6.37. The predicted molar refractivity (Wildman–Crippen MR) is 67.8 cm³/mol. The molecule has 0 bridgehead atoms. The zero-order valence-corrected chi connectivity index (χ0v) is 10.3. The number of nitrogens with one attached hydrogen (secondary N) is 1. The van der Waals surface area contributed by atoms with Crippen LogP contribution in [0.4, 0.5) is 0 Å². The van der Waals surface area contributed by atoms with E-state index in [9.17, 15) is 0 Å². The molecule has 3 N–H and O–H groups in total. The van der Waals surface area contributed by atoms with Crippen LogP contribution in [0.5, 0.6) is 0 Å². The first kappa shape index (κ1) is 12.1. The van der Waals surface area contributed by atoms with Crippen molar-refractivity contribution in [1.29, 1.82) is 5.41 Å². The maximum Gasteiger partial charge on any atom is 0.104 e. The number of hydrogen-bond acceptors (Lipinski definition) is 2. The van der Waals surface area contributed by atoms with Crippen LogP contribution in [0.25, 0.3) is 0 Å². The van der Waals surface area contributed by atoms with Gasteiger partial charge in [0, 0.05) is 4.90 Å². The van der Waals surface area contributed by atoms with E-state index < -0.39 is 0 Å². The van der Waals surface area contributed by atoms with Gasteiger partial charge >= 0.3 is 0 Å². The van der Waals surface area contributed by atoms with Crippen molar-refractivity contribution in [1.82, 2.24) is 0 Å². The molecule has 15 heavy (non-hydrogen) atoms. The second-order valence-electron chi connectivity index (χ2n) is 3.72. The quantitative estimate of drug-likeness (QED) is 0.467. The van der Waals surface area contributed by atoms with Crippen molar-refractivity contribution in [2.45, 2.75) is 37.3 Å². The summed E-state index contributed by atoms with van der Waals surface area (Å²) in [5, 5.41) is 7.56. The first-order valence-corrected chi connectivity index (χ1v) is 6.00. The van der Waals surface area contributed by atoms with Crippen LogP contribution >= 0.6 is 11.8 Å². The zero-order chi connectivity index (χ0) is 11.4. The first-order chi connectivity index (χ1) is 7.04. The van der Waals surface area contributed by atoms with Gasteiger partial charge in [-0.05, 0) is 43.5 Å². The van der Waals surface area contributed by atoms with Crippen LogP contribution in [-0.4, -0.2) is 11.1 Å². The Morgan fingerprint density at radius 1 is 1.40 bits per heavy atom. The highest BCUT2D eigenvalue weighted by Crippen LogP contribution is 2.26. The van der Waals surface area contributed by atoms with Crippen molar-refractivity contribution in [2.24, 2.45) is 5.73 Å². The molecule has 0 fully saturated rings. The average molecular weight is 222 g/mol. The molecular formula is C12H18N2S. The smallest absolute Gasteiger partial charge is 0.104 e. The maximum absolute atomic E-state index is 7.45. The topological polar surface area (TPSA) is 49.9 Å². The lowest BCUT2D eigenvalue weighted by Gasteiger charge is -2.13. The van der Waals surface area contributed by atoms with Crippen LogP contribution in [0.1, 0.15) is 24.5 Å². The fourth-order valence-electron chi connectivity index (χ4n) is 1.32. The van der Waals surface area contributed by atoms with Crippen molar-refractivity contribution in [2.75, 3.05) is 0 Å². The normalized spacial score (nSPS) is 12.5. The molecule has 0 aromatic heterocycles. The monoisotopic (exact) mass is 222 g/mol. The number of nitrogens with two attached hydrogens (primary N) is 1. The Kier molecular flexibility index (Phi) is 4.21. The predicted octanol–water partition coefficient (Wildman–Crippen LogP) is 3.11. The highest BCUT2D eigenvalue weighted by Gasteiger charge is 2.11. The standard InChI is InChI=1S/C12H18N2S/c1-4-11(12(13)14)15-10-6-5-8(2)9(3)7-10/h5-7,11H,4H2,1-3H3,(H3,13,14). The Morgan fingerprint density at radius 3 is 2.53 bits per heavy atom. The van der Waals surface area contributed by atoms with Gasteiger partial charge in [-0.2, -0.15) is 0 Å². The molecule has 0 aliphatic carbocycles. The molecule has 1 rings (SSSR count). The number of thioether (sulfide) groups is 1. The molecule has 0 saturated heterocycles. The lowest BCUT2D eigenvalue weighted by Crippen LogP contribution is -2.23. The third kappa shape index (κ3) is 3.27. The summed E-state index contributed by atoms with van der Waals surface area (Å²) in [5.41, 5.74) is 8.12. The Balaban J connectivity index is 2.80. The van der Waals surface area contributed by atoms with Gasteiger partial charge in [0.05, 0.1) is 5.25 Å². The molecule has 0 aliphatic heterocycles. The lowest BCUT2D eigenvalue weighted by molar-refractivity contribution is 0.991. The van der Waals surface area contributed by atoms with Gasteiger partial charge in [-0.1, -0.05) is 13.0 Å². The molecule has 1 aromatic rings. The van der Waals surface area contributed by atoms with E-state index in [4.69, 9.17) is 11.1 Å². The first-order valence-electron chi connectivity index (χ1n) is 5.12. The van der Waals surface area contributed by atoms with Crippen LogP contribution in [0.3, 0.4) is 0 Å². The van der Waals surface area contributed by atoms with Gasteiger partial charge in [-0.25, -0.2) is 0 Å². The zero-order valence-electron chi connectivity index (χ0n) is 9.50. The van der Waals surface area contributed by atoms with E-state index in [2.05, 4.69) is 39.0 Å². The third-order valence-electron chi connectivity index (χ3n) is 2.47. The fraction of sp³-hybridized carbons (Fsp3) is 0.417. The van der Waals surface area contributed by atoms with E-state index >= 15 is 0 Å². The molecule has 1 unspecified atom stereocenters. The van der Waals surface area contributed by atoms with Crippen molar-refractivity contribution < 1.29 is 0 Å². The number of rotatable bonds is 4. The molecule has 0 aliphatic rings. The highest BCUT2D eigenvalue weighted by atomic mass is 32.2. The summed E-state index contributed by atoms with van der Waals surface area (Å²) >= 11 is 1.67. The summed E-state index contributed by atoms with van der Waals surface area (Å²) < 4.78 is 0. The summed E-state index contributed by atoms with van der Waals surface area (Å²) in [7, 11) is 0. The Bertz CT molecular complexity index is 361. The second kappa shape index (κ2) is 5.21. The van der Waals surface area contributed by atoms with Crippen molar-refractivity contribution in [3.05, 3.63) is 29.3 Å². The Labute approximate surface area is 95.8 Å². The van der Waals surface area contributed by atoms with Crippen LogP contribution < -0.4 is 5.73 Å². The van der Waals surface area contributed by atoms with E-state index in [-0.39, 0.29) is 11.1 Å². The van der Waals surface area contributed by atoms with E-state index in [1.165, 1.54) is 16.0 Å². The van der Waals surface area contributed by atoms with Gasteiger partial charge in [0.2, 0.25) is 0 Å². The molecule has 0 amide bonds. The molecule has 0 saturated carbocycles. The molecule has 1 aromatic carbocycles. The molecule has 3 heteroatoms. The summed E-state index contributed by atoms with van der Waals surface area (Å²) in [5.74, 6) is 0.265. The van der Waals surface area contributed by atoms with Crippen molar-refractivity contribution >= 4 is 17.6 Å². The molecule has 82 valence electrons. The van der Waals surface area contributed by atoms with E-state index in [0.717, 1.165) is 6.42 Å². The number of benzene rings is 1. The van der Waals surface area contributed by atoms with Gasteiger partial charge in [-0.15, -0.1) is 11.8 Å². The molecule has 1 atom stereocenters. The minimum Gasteiger partial charge on any atom is -0.387 e. The van der Waals surface area contributed by atoms with Gasteiger partial charge in [0.1, 0.15) is 5.84 Å². The third-order valence-corrected chi connectivity index (χ3v) is 3.87. The summed E-state index contributed by atoms with van der Waals surface area (Å²) in [4.78, 5) is 1.19. The lowest BCUT2D eigenvalue weighted by atomic mass is 10.1. The van der Waals surface area contributed by atoms with Crippen LogP contribution in [0.2, 0.25) is 0 Å². The maximum atomic E-state index is 7.45. The summed E-state index contributed by atoms with van der Waals surface area (Å²) in [6.07, 6.45) is 0.896. The fourth-order valence-corrected chi connectivity index (χ4v) is 2.33. The molecule has 0 spiro atoms. The van der Waals surface area contributed by atoms with E-state index in [1.54, 1.807) is 11.8 Å². The molecular weight excluding hydrogens is 204 g/mol. The average Bonchev–Trinajstić information content (AvgIpc) is 2.19. The minimum absolute atomic E-state index is 0.104. The van der Waals surface area contributed by atoms with Crippen molar-refractivity contribution in [3.8, 4) is 0 Å². The number of aryl methyl sites for hydroxylation is 2. The van der Waals surface area contributed by atoms with Crippen molar-refractivity contribution in [3.63, 3.8) is 0 Å². The van der Waals surface area contributed by atoms with Crippen LogP contribution in [0, 0.1) is 19.3 Å². The van der Waals surface area contributed by atoms with Crippen LogP contribution in [0.15, 0.2) is 23.1 Å².